The number of carbonyl (C=O) groups excluding carboxylic acids is 3. The predicted molar refractivity (Wildman–Crippen MR) is 114 cm³/mol. The maximum atomic E-state index is 13.5. The molecule has 5 rings (SSSR count). The molecule has 0 unspecified atom stereocenters. The third-order valence-electron chi connectivity index (χ3n) is 6.27. The number of hydrogen-bond donors (Lipinski definition) is 1. The van der Waals surface area contributed by atoms with Crippen molar-refractivity contribution in [2.75, 3.05) is 6.54 Å². The number of nitrogens with one attached hydrogen (secondary N) is 1. The first-order valence-corrected chi connectivity index (χ1v) is 10.3. The molecule has 1 saturated heterocycles. The number of amides is 3. The summed E-state index contributed by atoms with van der Waals surface area (Å²) in [5.41, 5.74) is 1.39. The first-order chi connectivity index (χ1) is 14.6. The highest BCUT2D eigenvalue weighted by atomic mass is 16.2. The largest absolute Gasteiger partial charge is 0.325 e. The lowest BCUT2D eigenvalue weighted by Gasteiger charge is -2.27. The molecule has 3 aromatic rings. The molecule has 0 bridgehead atoms. The predicted octanol–water partition coefficient (Wildman–Crippen LogP) is 4.20. The monoisotopic (exact) mass is 398 g/mol. The number of ketones is 1. The highest BCUT2D eigenvalue weighted by molar-refractivity contribution is 6.12. The number of fused-ring (bicyclic) bond motifs is 3. The second-order valence-corrected chi connectivity index (χ2v) is 8.08. The van der Waals surface area contributed by atoms with Gasteiger partial charge in [-0.1, -0.05) is 60.7 Å². The van der Waals surface area contributed by atoms with E-state index in [-0.39, 0.29) is 18.2 Å². The van der Waals surface area contributed by atoms with Crippen molar-refractivity contribution >= 4 is 28.5 Å². The highest BCUT2D eigenvalue weighted by Crippen LogP contribution is 2.39. The maximum absolute atomic E-state index is 13.5. The van der Waals surface area contributed by atoms with Crippen LogP contribution in [0.2, 0.25) is 0 Å². The summed E-state index contributed by atoms with van der Waals surface area (Å²) in [6.07, 6.45) is 3.25. The SMILES string of the molecule is O=C(CN1C(=O)N[C@]2(CCCCc3ccccc32)C1=O)c1ccc2ccccc2c1. The van der Waals surface area contributed by atoms with Crippen molar-refractivity contribution in [1.29, 1.82) is 0 Å². The molecule has 150 valence electrons. The Morgan fingerprint density at radius 3 is 2.57 bits per heavy atom. The molecule has 1 aliphatic heterocycles. The Bertz CT molecular complexity index is 1190. The second kappa shape index (κ2) is 7.10. The molecular formula is C25H22N2O3. The molecule has 5 nitrogen and oxygen atoms in total. The van der Waals surface area contributed by atoms with Crippen LogP contribution >= 0.6 is 0 Å². The zero-order valence-corrected chi connectivity index (χ0v) is 16.6. The van der Waals surface area contributed by atoms with Crippen LogP contribution in [0.15, 0.2) is 66.7 Å². The van der Waals surface area contributed by atoms with E-state index in [2.05, 4.69) is 5.32 Å². The molecule has 3 amide bonds. The van der Waals surface area contributed by atoms with Gasteiger partial charge in [-0.05, 0) is 53.6 Å². The molecule has 0 saturated carbocycles. The maximum Gasteiger partial charge on any atom is 0.325 e. The van der Waals surface area contributed by atoms with Gasteiger partial charge >= 0.3 is 6.03 Å². The fraction of sp³-hybridized carbons (Fsp3) is 0.240. The van der Waals surface area contributed by atoms with E-state index in [1.54, 1.807) is 6.07 Å². The van der Waals surface area contributed by atoms with E-state index in [1.807, 2.05) is 60.7 Å². The number of aryl methyl sites for hydroxylation is 1. The van der Waals surface area contributed by atoms with E-state index in [4.69, 9.17) is 0 Å². The minimum Gasteiger partial charge on any atom is -0.319 e. The van der Waals surface area contributed by atoms with E-state index in [0.29, 0.717) is 12.0 Å². The average Bonchev–Trinajstić information content (AvgIpc) is 2.91. The number of Topliss-reactive ketones (excluding diaryl/α,β-unsaturated/α-hetero) is 1. The molecule has 0 aromatic heterocycles. The third-order valence-corrected chi connectivity index (χ3v) is 6.27. The molecule has 1 fully saturated rings. The van der Waals surface area contributed by atoms with Gasteiger partial charge < -0.3 is 5.32 Å². The molecule has 3 aromatic carbocycles. The van der Waals surface area contributed by atoms with Gasteiger partial charge in [-0.3, -0.25) is 14.5 Å². The topological polar surface area (TPSA) is 66.5 Å². The number of hydrogen-bond acceptors (Lipinski definition) is 3. The van der Waals surface area contributed by atoms with Crippen LogP contribution < -0.4 is 5.32 Å². The number of carbonyl (C=O) groups is 3. The standard InChI is InChI=1S/C25H22N2O3/c28-22(20-13-12-17-7-1-2-10-19(17)15-20)16-27-23(29)25(26-24(27)30)14-6-5-9-18-8-3-4-11-21(18)25/h1-4,7-8,10-13,15H,5-6,9,14,16H2,(H,26,30)/t25-/m0/s1. The van der Waals surface area contributed by atoms with Crippen LogP contribution in [0.3, 0.4) is 0 Å². The third kappa shape index (κ3) is 2.89. The van der Waals surface area contributed by atoms with Gasteiger partial charge in [-0.25, -0.2) is 4.79 Å². The summed E-state index contributed by atoms with van der Waals surface area (Å²) in [5.74, 6) is -0.570. The van der Waals surface area contributed by atoms with Crippen molar-refractivity contribution in [2.24, 2.45) is 0 Å². The molecular weight excluding hydrogens is 376 g/mol. The van der Waals surface area contributed by atoms with Crippen molar-refractivity contribution in [1.82, 2.24) is 10.2 Å². The summed E-state index contributed by atoms with van der Waals surface area (Å²) in [5, 5.41) is 4.93. The molecule has 1 atom stereocenters. The van der Waals surface area contributed by atoms with Crippen molar-refractivity contribution in [3.8, 4) is 0 Å². The molecule has 0 radical (unpaired) electrons. The van der Waals surface area contributed by atoms with Gasteiger partial charge in [0.1, 0.15) is 5.54 Å². The van der Waals surface area contributed by atoms with Crippen LogP contribution in [-0.4, -0.2) is 29.2 Å². The summed E-state index contributed by atoms with van der Waals surface area (Å²) in [4.78, 5) is 40.3. The second-order valence-electron chi connectivity index (χ2n) is 8.08. The van der Waals surface area contributed by atoms with Crippen LogP contribution in [0.25, 0.3) is 10.8 Å². The smallest absolute Gasteiger partial charge is 0.319 e. The lowest BCUT2D eigenvalue weighted by Crippen LogP contribution is -2.44. The Morgan fingerprint density at radius 2 is 1.70 bits per heavy atom. The molecule has 1 N–H and O–H groups in total. The molecule has 1 spiro atoms. The summed E-state index contributed by atoms with van der Waals surface area (Å²) < 4.78 is 0. The lowest BCUT2D eigenvalue weighted by molar-refractivity contribution is -0.131. The van der Waals surface area contributed by atoms with Gasteiger partial charge in [0.05, 0.1) is 6.54 Å². The summed E-state index contributed by atoms with van der Waals surface area (Å²) in [6, 6.07) is 20.5. The molecule has 30 heavy (non-hydrogen) atoms. The number of nitrogens with zero attached hydrogens (tertiary/aromatic N) is 1. The van der Waals surface area contributed by atoms with Crippen LogP contribution in [-0.2, 0) is 16.8 Å². The lowest BCUT2D eigenvalue weighted by atomic mass is 9.84. The normalized spacial score (nSPS) is 20.9. The zero-order chi connectivity index (χ0) is 20.7. The Kier molecular flexibility index (Phi) is 4.39. The summed E-state index contributed by atoms with van der Waals surface area (Å²) >= 11 is 0. The van der Waals surface area contributed by atoms with Crippen molar-refractivity contribution in [2.45, 2.75) is 31.2 Å². The van der Waals surface area contributed by atoms with Gasteiger partial charge in [-0.2, -0.15) is 0 Å². The number of rotatable bonds is 3. The van der Waals surface area contributed by atoms with Gasteiger partial charge in [0.25, 0.3) is 5.91 Å². The van der Waals surface area contributed by atoms with Crippen molar-refractivity contribution in [3.05, 3.63) is 83.4 Å². The van der Waals surface area contributed by atoms with Crippen molar-refractivity contribution in [3.63, 3.8) is 0 Å². The van der Waals surface area contributed by atoms with Crippen LogP contribution in [0, 0.1) is 0 Å². The minimum atomic E-state index is -1.06. The molecule has 2 aliphatic rings. The van der Waals surface area contributed by atoms with E-state index >= 15 is 0 Å². The highest BCUT2D eigenvalue weighted by Gasteiger charge is 2.53. The number of benzene rings is 3. The zero-order valence-electron chi connectivity index (χ0n) is 16.6. The van der Waals surface area contributed by atoms with E-state index in [0.717, 1.165) is 46.1 Å². The van der Waals surface area contributed by atoms with E-state index in [9.17, 15) is 14.4 Å². The van der Waals surface area contributed by atoms with Gasteiger partial charge in [0.15, 0.2) is 5.78 Å². The fourth-order valence-corrected chi connectivity index (χ4v) is 4.71. The van der Waals surface area contributed by atoms with Crippen LogP contribution in [0.5, 0.6) is 0 Å². The Morgan fingerprint density at radius 1 is 0.933 bits per heavy atom. The van der Waals surface area contributed by atoms with Gasteiger partial charge in [0.2, 0.25) is 0 Å². The summed E-state index contributed by atoms with van der Waals surface area (Å²) in [7, 11) is 0. The van der Waals surface area contributed by atoms with Crippen molar-refractivity contribution < 1.29 is 14.4 Å². The Hall–Kier alpha value is -3.47. The van der Waals surface area contributed by atoms with E-state index in [1.165, 1.54) is 0 Å². The number of imide groups is 1. The summed E-state index contributed by atoms with van der Waals surface area (Å²) in [6.45, 7) is -0.257. The van der Waals surface area contributed by atoms with Gasteiger partial charge in [-0.15, -0.1) is 0 Å². The Balaban J connectivity index is 1.45. The first-order valence-electron chi connectivity index (χ1n) is 10.3. The Labute approximate surface area is 174 Å². The first kappa shape index (κ1) is 18.6. The number of urea groups is 1. The van der Waals surface area contributed by atoms with E-state index < -0.39 is 11.6 Å². The molecule has 1 heterocycles. The van der Waals surface area contributed by atoms with Crippen LogP contribution in [0.1, 0.15) is 40.7 Å². The minimum absolute atomic E-state index is 0.247. The molecule has 5 heteroatoms. The molecule has 1 aliphatic carbocycles. The quantitative estimate of drug-likeness (QED) is 0.531. The fourth-order valence-electron chi connectivity index (χ4n) is 4.71. The van der Waals surface area contributed by atoms with Crippen LogP contribution in [0.4, 0.5) is 4.79 Å². The average molecular weight is 398 g/mol. The van der Waals surface area contributed by atoms with Gasteiger partial charge in [0, 0.05) is 5.56 Å².